The fraction of sp³-hybridized carbons (Fsp3) is 0.308. The second kappa shape index (κ2) is 10.5. The molecule has 0 aromatic heterocycles. The van der Waals surface area contributed by atoms with Crippen molar-refractivity contribution in [1.82, 2.24) is 0 Å². The Bertz CT molecular complexity index is 1160. The minimum absolute atomic E-state index is 0.00846. The van der Waals surface area contributed by atoms with E-state index in [0.29, 0.717) is 29.2 Å². The molecule has 0 saturated carbocycles. The lowest BCUT2D eigenvalue weighted by atomic mass is 9.92. The molecule has 1 aliphatic rings. The first-order valence-electron chi connectivity index (χ1n) is 11.2. The van der Waals surface area contributed by atoms with Gasteiger partial charge in [0.15, 0.2) is 0 Å². The molecule has 4 unspecified atom stereocenters. The molecule has 0 N–H and O–H groups in total. The predicted octanol–water partition coefficient (Wildman–Crippen LogP) is 6.78. The van der Waals surface area contributed by atoms with Crippen LogP contribution in [0.2, 0.25) is 0 Å². The maximum atomic E-state index is 14.9. The predicted molar refractivity (Wildman–Crippen MR) is 133 cm³/mol. The molecule has 0 aliphatic carbocycles. The Balaban J connectivity index is 1.55. The van der Waals surface area contributed by atoms with Crippen LogP contribution < -0.4 is 15.3 Å². The molecule has 4 rings (SSSR count). The van der Waals surface area contributed by atoms with Gasteiger partial charge in [0.2, 0.25) is 0 Å². The molecule has 0 spiro atoms. The highest BCUT2D eigenvalue weighted by atomic mass is 31.0. The molecule has 3 aromatic carbocycles. The van der Waals surface area contributed by atoms with Gasteiger partial charge >= 0.3 is 6.11 Å². The van der Waals surface area contributed by atoms with Crippen molar-refractivity contribution in [3.8, 4) is 16.9 Å². The third kappa shape index (κ3) is 5.69. The van der Waals surface area contributed by atoms with Gasteiger partial charge in [0.05, 0.1) is 12.7 Å². The number of hydrogen-bond acceptors (Lipinski definition) is 2. The van der Waals surface area contributed by atoms with Crippen molar-refractivity contribution < 1.29 is 31.4 Å². The number of alkyl halides is 2. The smallest absolute Gasteiger partial charge is 0.429 e. The summed E-state index contributed by atoms with van der Waals surface area (Å²) in [5.41, 5.74) is 1.04. The van der Waals surface area contributed by atoms with Crippen molar-refractivity contribution in [3.05, 3.63) is 77.1 Å². The maximum Gasteiger partial charge on any atom is 0.430 e. The van der Waals surface area contributed by atoms with Crippen molar-refractivity contribution in [3.63, 3.8) is 0 Å². The highest BCUT2D eigenvalue weighted by Crippen LogP contribution is 2.36. The van der Waals surface area contributed by atoms with E-state index in [1.807, 2.05) is 21.4 Å². The van der Waals surface area contributed by atoms with E-state index in [4.69, 9.17) is 4.74 Å². The van der Waals surface area contributed by atoms with E-state index in [0.717, 1.165) is 37.5 Å². The van der Waals surface area contributed by atoms with Crippen LogP contribution in [0.15, 0.2) is 48.5 Å². The lowest BCUT2D eigenvalue weighted by Gasteiger charge is -2.28. The summed E-state index contributed by atoms with van der Waals surface area (Å²) < 4.78 is 82.5. The van der Waals surface area contributed by atoms with Gasteiger partial charge in [-0.05, 0) is 52.9 Å². The molecule has 0 bridgehead atoms. The van der Waals surface area contributed by atoms with Crippen LogP contribution in [0.3, 0.4) is 0 Å². The second-order valence-corrected chi connectivity index (χ2v) is 9.84. The number of rotatable bonds is 6. The largest absolute Gasteiger partial charge is 0.430 e. The lowest BCUT2D eigenvalue weighted by molar-refractivity contribution is -0.186. The molecule has 1 fully saturated rings. The van der Waals surface area contributed by atoms with Crippen molar-refractivity contribution >= 4 is 29.1 Å². The van der Waals surface area contributed by atoms with E-state index in [9.17, 15) is 22.0 Å². The van der Waals surface area contributed by atoms with Gasteiger partial charge in [-0.2, -0.15) is 8.78 Å². The van der Waals surface area contributed by atoms with Gasteiger partial charge in [-0.3, -0.25) is 0 Å². The zero-order valence-electron chi connectivity index (χ0n) is 19.0. The van der Waals surface area contributed by atoms with Crippen LogP contribution >= 0.6 is 18.5 Å². The summed E-state index contributed by atoms with van der Waals surface area (Å²) in [6.07, 6.45) is -1.04. The molecule has 1 saturated heterocycles. The molecule has 1 heterocycles. The quantitative estimate of drug-likeness (QED) is 0.261. The van der Waals surface area contributed by atoms with Crippen LogP contribution in [0, 0.1) is 23.4 Å². The summed E-state index contributed by atoms with van der Waals surface area (Å²) in [5.74, 6) is -3.52. The second-order valence-electron chi connectivity index (χ2n) is 8.64. The van der Waals surface area contributed by atoms with E-state index in [-0.39, 0.29) is 11.4 Å². The molecule has 2 nitrogen and oxygen atoms in total. The van der Waals surface area contributed by atoms with Crippen molar-refractivity contribution in [2.75, 3.05) is 6.61 Å². The van der Waals surface area contributed by atoms with Crippen LogP contribution in [0.4, 0.5) is 22.0 Å². The summed E-state index contributed by atoms with van der Waals surface area (Å²) in [7, 11) is 3.91. The molecule has 35 heavy (non-hydrogen) atoms. The average molecular weight is 526 g/mol. The van der Waals surface area contributed by atoms with Gasteiger partial charge in [-0.25, -0.2) is 13.2 Å². The Morgan fingerprint density at radius 3 is 2.11 bits per heavy atom. The highest BCUT2D eigenvalue weighted by molar-refractivity contribution is 7.27. The molecule has 0 radical (unpaired) electrons. The third-order valence-electron chi connectivity index (χ3n) is 6.27. The topological polar surface area (TPSA) is 18.5 Å². The molecule has 1 aliphatic heterocycles. The first-order chi connectivity index (χ1) is 16.6. The van der Waals surface area contributed by atoms with Gasteiger partial charge in [0.25, 0.3) is 0 Å². The van der Waals surface area contributed by atoms with E-state index < -0.39 is 40.2 Å². The van der Waals surface area contributed by atoms with Crippen molar-refractivity contribution in [2.24, 2.45) is 5.92 Å². The SMILES string of the molecule is CCC1CCC(c2ccc(-c3cc(F)c(C(F)(F)Oc4cc(F)c(P)c(F)c4)c(P)c3)cc2)OC1. The maximum absolute atomic E-state index is 14.9. The summed E-state index contributed by atoms with van der Waals surface area (Å²) in [4.78, 5) is 0. The molecule has 186 valence electrons. The first-order valence-corrected chi connectivity index (χ1v) is 12.4. The number of benzene rings is 3. The van der Waals surface area contributed by atoms with E-state index >= 15 is 0 Å². The Labute approximate surface area is 205 Å². The van der Waals surface area contributed by atoms with Crippen LogP contribution in [0.1, 0.15) is 43.4 Å². The third-order valence-corrected chi connectivity index (χ3v) is 7.28. The van der Waals surface area contributed by atoms with E-state index in [1.165, 1.54) is 6.07 Å². The van der Waals surface area contributed by atoms with E-state index in [1.54, 1.807) is 12.1 Å². The standard InChI is InChI=1S/C26H25F5O2P2/c1-2-14-3-8-22(32-13-14)16-6-4-15(5-7-16)17-9-19(27)24(23(34)10-17)26(30,31)33-18-11-20(28)25(35)21(29)12-18/h4-7,9-12,14,22H,2-3,8,13,34-35H2,1H3. The van der Waals surface area contributed by atoms with Crippen LogP contribution in [-0.2, 0) is 10.8 Å². The summed E-state index contributed by atoms with van der Waals surface area (Å²) in [5, 5.41) is -0.548. The number of halogens is 5. The number of ether oxygens (including phenoxy) is 2. The summed E-state index contributed by atoms with van der Waals surface area (Å²) in [6.45, 7) is 2.88. The van der Waals surface area contributed by atoms with Gasteiger partial charge in [0, 0.05) is 17.4 Å². The molecule has 9 heteroatoms. The van der Waals surface area contributed by atoms with Crippen molar-refractivity contribution in [1.29, 1.82) is 0 Å². The highest BCUT2D eigenvalue weighted by Gasteiger charge is 2.40. The summed E-state index contributed by atoms with van der Waals surface area (Å²) >= 11 is 0. The van der Waals surface area contributed by atoms with Gasteiger partial charge in [-0.15, -0.1) is 9.24 Å². The fourth-order valence-electron chi connectivity index (χ4n) is 4.20. The van der Waals surface area contributed by atoms with Gasteiger partial charge in [0.1, 0.15) is 28.8 Å². The number of hydrogen-bond donors (Lipinski definition) is 0. The minimum Gasteiger partial charge on any atom is -0.429 e. The molecule has 3 aromatic rings. The Morgan fingerprint density at radius 1 is 0.914 bits per heavy atom. The van der Waals surface area contributed by atoms with Crippen LogP contribution in [0.25, 0.3) is 11.1 Å². The molecular formula is C26H25F5O2P2. The Kier molecular flexibility index (Phi) is 7.80. The Hall–Kier alpha value is -2.07. The molecule has 0 amide bonds. The van der Waals surface area contributed by atoms with Crippen LogP contribution in [-0.4, -0.2) is 6.61 Å². The van der Waals surface area contributed by atoms with Crippen LogP contribution in [0.5, 0.6) is 5.75 Å². The first kappa shape index (κ1) is 26.0. The van der Waals surface area contributed by atoms with Gasteiger partial charge in [-0.1, -0.05) is 46.8 Å². The van der Waals surface area contributed by atoms with Gasteiger partial charge < -0.3 is 9.47 Å². The van der Waals surface area contributed by atoms with E-state index in [2.05, 4.69) is 20.9 Å². The average Bonchev–Trinajstić information content (AvgIpc) is 2.81. The lowest BCUT2D eigenvalue weighted by Crippen LogP contribution is -2.29. The monoisotopic (exact) mass is 526 g/mol. The molecular weight excluding hydrogens is 501 g/mol. The van der Waals surface area contributed by atoms with Crippen molar-refractivity contribution in [2.45, 2.75) is 38.4 Å². The Morgan fingerprint density at radius 2 is 1.57 bits per heavy atom. The zero-order chi connectivity index (χ0) is 25.3. The molecule has 4 atom stereocenters. The minimum atomic E-state index is -4.17. The summed E-state index contributed by atoms with van der Waals surface area (Å²) in [6, 6.07) is 11.0. The fourth-order valence-corrected chi connectivity index (χ4v) is 4.85. The zero-order valence-corrected chi connectivity index (χ0v) is 21.3. The normalized spacial score (nSPS) is 18.5.